The summed E-state index contributed by atoms with van der Waals surface area (Å²) in [5.74, 6) is -1.74. The molecule has 0 saturated heterocycles. The Morgan fingerprint density at radius 2 is 1.81 bits per heavy atom. The van der Waals surface area contributed by atoms with Crippen molar-refractivity contribution in [2.75, 3.05) is 21.5 Å². The summed E-state index contributed by atoms with van der Waals surface area (Å²) in [5, 5.41) is 8.47. The third-order valence-electron chi connectivity index (χ3n) is 2.38. The van der Waals surface area contributed by atoms with E-state index in [0.717, 1.165) is 6.26 Å². The maximum Gasteiger partial charge on any atom is 0.304 e. The molecular formula is C11H16N2O6S2. The minimum absolute atomic E-state index is 0.233. The van der Waals surface area contributed by atoms with Gasteiger partial charge >= 0.3 is 5.97 Å². The number of carboxylic acid groups (broad SMARTS) is 1. The molecule has 0 aliphatic rings. The molecule has 1 rings (SSSR count). The van der Waals surface area contributed by atoms with Crippen molar-refractivity contribution in [1.29, 1.82) is 0 Å². The van der Waals surface area contributed by atoms with Crippen molar-refractivity contribution in [1.82, 2.24) is 0 Å². The highest BCUT2D eigenvalue weighted by molar-refractivity contribution is 7.92. The molecule has 0 spiro atoms. The zero-order valence-electron chi connectivity index (χ0n) is 11.5. The molecule has 0 heterocycles. The Bertz CT molecular complexity index is 740. The van der Waals surface area contributed by atoms with Crippen LogP contribution in [0.5, 0.6) is 0 Å². The third kappa shape index (κ3) is 6.45. The lowest BCUT2D eigenvalue weighted by atomic mass is 10.2. The smallest absolute Gasteiger partial charge is 0.304 e. The average molecular weight is 336 g/mol. The number of aryl methyl sites for hydroxylation is 1. The number of carboxylic acids is 1. The number of hydrogen-bond donors (Lipinski definition) is 3. The van der Waals surface area contributed by atoms with E-state index in [9.17, 15) is 21.6 Å². The number of anilines is 2. The van der Waals surface area contributed by atoms with Crippen LogP contribution in [0.1, 0.15) is 12.0 Å². The minimum atomic E-state index is -3.76. The highest BCUT2D eigenvalue weighted by Crippen LogP contribution is 2.21. The molecule has 118 valence electrons. The van der Waals surface area contributed by atoms with E-state index in [0.29, 0.717) is 11.3 Å². The van der Waals surface area contributed by atoms with Crippen molar-refractivity contribution in [3.05, 3.63) is 23.8 Å². The van der Waals surface area contributed by atoms with E-state index >= 15 is 0 Å². The van der Waals surface area contributed by atoms with Crippen molar-refractivity contribution in [2.24, 2.45) is 0 Å². The van der Waals surface area contributed by atoms with Gasteiger partial charge in [-0.15, -0.1) is 0 Å². The van der Waals surface area contributed by atoms with Gasteiger partial charge in [-0.25, -0.2) is 16.8 Å². The van der Waals surface area contributed by atoms with E-state index in [-0.39, 0.29) is 5.69 Å². The van der Waals surface area contributed by atoms with Crippen molar-refractivity contribution < 1.29 is 26.7 Å². The summed E-state index contributed by atoms with van der Waals surface area (Å²) in [6.45, 7) is 1.61. The van der Waals surface area contributed by atoms with Crippen LogP contribution in [0.15, 0.2) is 18.2 Å². The molecule has 1 aromatic carbocycles. The van der Waals surface area contributed by atoms with E-state index < -0.39 is 38.2 Å². The fraction of sp³-hybridized carbons (Fsp3) is 0.364. The number of carbonyl (C=O) groups is 1. The van der Waals surface area contributed by atoms with Crippen LogP contribution in [-0.4, -0.2) is 39.9 Å². The quantitative estimate of drug-likeness (QED) is 0.668. The molecule has 0 aliphatic heterocycles. The molecule has 3 N–H and O–H groups in total. The van der Waals surface area contributed by atoms with Gasteiger partial charge in [0.05, 0.1) is 24.1 Å². The Hall–Kier alpha value is -1.81. The molecular weight excluding hydrogens is 320 g/mol. The fourth-order valence-electron chi connectivity index (χ4n) is 1.49. The van der Waals surface area contributed by atoms with E-state index in [4.69, 9.17) is 5.11 Å². The molecule has 0 radical (unpaired) electrons. The van der Waals surface area contributed by atoms with Crippen LogP contribution in [0.3, 0.4) is 0 Å². The first-order valence-electron chi connectivity index (χ1n) is 5.79. The van der Waals surface area contributed by atoms with E-state index in [2.05, 4.69) is 9.44 Å². The second-order valence-electron chi connectivity index (χ2n) is 4.47. The summed E-state index contributed by atoms with van der Waals surface area (Å²) in [5.41, 5.74) is 1.10. The molecule has 0 bridgehead atoms. The molecule has 0 unspecified atom stereocenters. The van der Waals surface area contributed by atoms with Gasteiger partial charge in [-0.2, -0.15) is 0 Å². The van der Waals surface area contributed by atoms with Crippen LogP contribution in [0, 0.1) is 6.92 Å². The standard InChI is InChI=1S/C11H16N2O6S2/c1-8-7-9(3-4-10(8)13-20(2,16)17)12-21(18,19)6-5-11(14)15/h3-4,7,12-13H,5-6H2,1-2H3,(H,14,15). The van der Waals surface area contributed by atoms with Crippen LogP contribution in [0.4, 0.5) is 11.4 Å². The van der Waals surface area contributed by atoms with Crippen LogP contribution in [0.25, 0.3) is 0 Å². The van der Waals surface area contributed by atoms with Crippen LogP contribution in [0.2, 0.25) is 0 Å². The maximum atomic E-state index is 11.6. The second-order valence-corrected chi connectivity index (χ2v) is 8.06. The van der Waals surface area contributed by atoms with Gasteiger partial charge in [-0.1, -0.05) is 0 Å². The Balaban J connectivity index is 2.87. The summed E-state index contributed by atoms with van der Waals surface area (Å²) < 4.78 is 50.1. The van der Waals surface area contributed by atoms with Gasteiger partial charge < -0.3 is 5.11 Å². The van der Waals surface area contributed by atoms with Gasteiger partial charge in [-0.3, -0.25) is 14.2 Å². The Kier molecular flexibility index (Phi) is 5.18. The number of sulfonamides is 2. The molecule has 8 nitrogen and oxygen atoms in total. The fourth-order valence-corrected chi connectivity index (χ4v) is 3.15. The van der Waals surface area contributed by atoms with Gasteiger partial charge in [0.2, 0.25) is 20.0 Å². The lowest BCUT2D eigenvalue weighted by molar-refractivity contribution is -0.136. The highest BCUT2D eigenvalue weighted by Gasteiger charge is 2.14. The predicted molar refractivity (Wildman–Crippen MR) is 79.3 cm³/mol. The summed E-state index contributed by atoms with van der Waals surface area (Å²) in [6, 6.07) is 4.26. The molecule has 0 aliphatic carbocycles. The lowest BCUT2D eigenvalue weighted by Gasteiger charge is -2.11. The van der Waals surface area contributed by atoms with Crippen molar-refractivity contribution in [2.45, 2.75) is 13.3 Å². The van der Waals surface area contributed by atoms with E-state index in [1.165, 1.54) is 18.2 Å². The van der Waals surface area contributed by atoms with E-state index in [1.807, 2.05) is 0 Å². The van der Waals surface area contributed by atoms with Gasteiger partial charge in [-0.05, 0) is 30.7 Å². The monoisotopic (exact) mass is 336 g/mol. The van der Waals surface area contributed by atoms with E-state index in [1.54, 1.807) is 6.92 Å². The van der Waals surface area contributed by atoms with Crippen molar-refractivity contribution >= 4 is 37.4 Å². The number of nitrogens with one attached hydrogen (secondary N) is 2. The van der Waals surface area contributed by atoms with Crippen LogP contribution in [-0.2, 0) is 24.8 Å². The summed E-state index contributed by atoms with van der Waals surface area (Å²) >= 11 is 0. The normalized spacial score (nSPS) is 11.9. The van der Waals surface area contributed by atoms with Crippen molar-refractivity contribution in [3.8, 4) is 0 Å². The number of benzene rings is 1. The number of rotatable bonds is 7. The first-order chi connectivity index (χ1) is 9.48. The van der Waals surface area contributed by atoms with Gasteiger partial charge in [0.15, 0.2) is 0 Å². The zero-order chi connectivity index (χ0) is 16.3. The third-order valence-corrected chi connectivity index (χ3v) is 4.26. The van der Waals surface area contributed by atoms with Gasteiger partial charge in [0.1, 0.15) is 0 Å². The molecule has 0 amide bonds. The Labute approximate surface area is 123 Å². The maximum absolute atomic E-state index is 11.6. The molecule has 0 atom stereocenters. The minimum Gasteiger partial charge on any atom is -0.481 e. The molecule has 10 heteroatoms. The Morgan fingerprint density at radius 1 is 1.19 bits per heavy atom. The second kappa shape index (κ2) is 6.31. The summed E-state index contributed by atoms with van der Waals surface area (Å²) in [7, 11) is -7.18. The summed E-state index contributed by atoms with van der Waals surface area (Å²) in [4.78, 5) is 10.4. The molecule has 0 aromatic heterocycles. The number of aliphatic carboxylic acids is 1. The van der Waals surface area contributed by atoms with Crippen LogP contribution < -0.4 is 9.44 Å². The largest absolute Gasteiger partial charge is 0.481 e. The van der Waals surface area contributed by atoms with Crippen molar-refractivity contribution in [3.63, 3.8) is 0 Å². The Morgan fingerprint density at radius 3 is 2.29 bits per heavy atom. The summed E-state index contributed by atoms with van der Waals surface area (Å²) in [6.07, 6.45) is 0.511. The highest BCUT2D eigenvalue weighted by atomic mass is 32.2. The molecule has 21 heavy (non-hydrogen) atoms. The van der Waals surface area contributed by atoms with Crippen LogP contribution >= 0.6 is 0 Å². The molecule has 0 fully saturated rings. The SMILES string of the molecule is Cc1cc(NS(=O)(=O)CCC(=O)O)ccc1NS(C)(=O)=O. The molecule has 0 saturated carbocycles. The average Bonchev–Trinajstić information content (AvgIpc) is 2.28. The first kappa shape index (κ1) is 17.2. The molecule has 1 aromatic rings. The zero-order valence-corrected chi connectivity index (χ0v) is 13.1. The number of hydrogen-bond acceptors (Lipinski definition) is 5. The first-order valence-corrected chi connectivity index (χ1v) is 9.33. The predicted octanol–water partition coefficient (Wildman–Crippen LogP) is 0.583. The topological polar surface area (TPSA) is 130 Å². The lowest BCUT2D eigenvalue weighted by Crippen LogP contribution is -2.19. The van der Waals surface area contributed by atoms with Gasteiger partial charge in [0.25, 0.3) is 0 Å². The van der Waals surface area contributed by atoms with Gasteiger partial charge in [0, 0.05) is 5.69 Å².